The highest BCUT2D eigenvalue weighted by Gasteiger charge is 2.32. The average molecular weight is 305 g/mol. The third-order valence-electron chi connectivity index (χ3n) is 3.57. The van der Waals surface area contributed by atoms with Crippen molar-refractivity contribution in [2.24, 2.45) is 0 Å². The molecule has 0 bridgehead atoms. The molecule has 2 N–H and O–H groups in total. The summed E-state index contributed by atoms with van der Waals surface area (Å²) in [5, 5.41) is 20.6. The summed E-state index contributed by atoms with van der Waals surface area (Å²) < 4.78 is 0. The molecule has 2 aromatic carbocycles. The number of hydrogen-bond acceptors (Lipinski definition) is 2. The van der Waals surface area contributed by atoms with Gasteiger partial charge in [-0.2, -0.15) is 0 Å². The van der Waals surface area contributed by atoms with Crippen LogP contribution < -0.4 is 0 Å². The van der Waals surface area contributed by atoms with E-state index in [0.717, 1.165) is 0 Å². The van der Waals surface area contributed by atoms with Crippen molar-refractivity contribution >= 4 is 17.6 Å². The van der Waals surface area contributed by atoms with Gasteiger partial charge in [0, 0.05) is 5.02 Å². The molecule has 0 radical (unpaired) electrons. The number of aliphatic hydroxyl groups is 1. The van der Waals surface area contributed by atoms with Crippen LogP contribution in [0.15, 0.2) is 54.6 Å². The van der Waals surface area contributed by atoms with Gasteiger partial charge in [-0.05, 0) is 36.6 Å². The second-order valence-electron chi connectivity index (χ2n) is 5.29. The Balaban J connectivity index is 2.28. The molecule has 0 fully saturated rings. The van der Waals surface area contributed by atoms with Gasteiger partial charge >= 0.3 is 5.97 Å². The average Bonchev–Trinajstić information content (AvgIpc) is 2.47. The number of hydrogen-bond donors (Lipinski definition) is 2. The fourth-order valence-corrected chi connectivity index (χ4v) is 2.48. The monoisotopic (exact) mass is 304 g/mol. The SMILES string of the molecule is CC(O)(CC(C(=O)O)c1ccc(Cl)cc1)c1ccccc1. The second kappa shape index (κ2) is 6.29. The fourth-order valence-electron chi connectivity index (χ4n) is 2.36. The van der Waals surface area contributed by atoms with Gasteiger partial charge in [-0.1, -0.05) is 54.1 Å². The van der Waals surface area contributed by atoms with Crippen LogP contribution in [0.25, 0.3) is 0 Å². The van der Waals surface area contributed by atoms with Gasteiger partial charge < -0.3 is 10.2 Å². The number of rotatable bonds is 5. The molecule has 2 atom stereocenters. The van der Waals surface area contributed by atoms with Crippen LogP contribution in [0.5, 0.6) is 0 Å². The largest absolute Gasteiger partial charge is 0.481 e. The van der Waals surface area contributed by atoms with Crippen molar-refractivity contribution in [3.8, 4) is 0 Å². The first-order valence-corrected chi connectivity index (χ1v) is 7.04. The highest BCUT2D eigenvalue weighted by molar-refractivity contribution is 6.30. The molecule has 2 aromatic rings. The molecule has 110 valence electrons. The van der Waals surface area contributed by atoms with E-state index in [4.69, 9.17) is 11.6 Å². The molecule has 2 rings (SSSR count). The van der Waals surface area contributed by atoms with Crippen molar-refractivity contribution in [1.82, 2.24) is 0 Å². The van der Waals surface area contributed by atoms with Crippen LogP contribution in [0.2, 0.25) is 5.02 Å². The Morgan fingerprint density at radius 1 is 1.14 bits per heavy atom. The number of carboxylic acids is 1. The van der Waals surface area contributed by atoms with Gasteiger partial charge in [0.1, 0.15) is 0 Å². The molecule has 0 aliphatic heterocycles. The van der Waals surface area contributed by atoms with E-state index >= 15 is 0 Å². The van der Waals surface area contributed by atoms with Gasteiger partial charge in [0.25, 0.3) is 0 Å². The first-order chi connectivity index (χ1) is 9.90. The number of halogens is 1. The van der Waals surface area contributed by atoms with Crippen LogP contribution in [0.3, 0.4) is 0 Å². The summed E-state index contributed by atoms with van der Waals surface area (Å²) in [5.41, 5.74) is 0.109. The smallest absolute Gasteiger partial charge is 0.311 e. The van der Waals surface area contributed by atoms with Crippen LogP contribution in [0, 0.1) is 0 Å². The van der Waals surface area contributed by atoms with Crippen molar-refractivity contribution in [1.29, 1.82) is 0 Å². The Morgan fingerprint density at radius 3 is 2.24 bits per heavy atom. The molecule has 4 heteroatoms. The molecule has 0 saturated carbocycles. The Hall–Kier alpha value is -1.84. The lowest BCUT2D eigenvalue weighted by Gasteiger charge is -2.27. The van der Waals surface area contributed by atoms with Crippen molar-refractivity contribution in [2.75, 3.05) is 0 Å². The van der Waals surface area contributed by atoms with Crippen molar-refractivity contribution < 1.29 is 15.0 Å². The molecule has 0 aliphatic rings. The molecule has 2 unspecified atom stereocenters. The van der Waals surface area contributed by atoms with E-state index in [1.54, 1.807) is 43.3 Å². The predicted octanol–water partition coefficient (Wildman–Crippen LogP) is 3.81. The molecule has 0 aromatic heterocycles. The molecule has 0 saturated heterocycles. The zero-order valence-electron chi connectivity index (χ0n) is 11.7. The van der Waals surface area contributed by atoms with Crippen molar-refractivity contribution in [3.05, 3.63) is 70.7 Å². The maximum absolute atomic E-state index is 11.5. The molecular formula is C17H17ClO3. The zero-order valence-corrected chi connectivity index (χ0v) is 12.4. The lowest BCUT2D eigenvalue weighted by atomic mass is 9.83. The second-order valence-corrected chi connectivity index (χ2v) is 5.72. The normalized spacial score (nSPS) is 15.2. The lowest BCUT2D eigenvalue weighted by molar-refractivity contribution is -0.140. The van der Waals surface area contributed by atoms with Crippen LogP contribution in [0.4, 0.5) is 0 Å². The summed E-state index contributed by atoms with van der Waals surface area (Å²) in [6.45, 7) is 1.63. The van der Waals surface area contributed by atoms with E-state index in [2.05, 4.69) is 0 Å². The minimum absolute atomic E-state index is 0.0912. The Labute approximate surface area is 128 Å². The topological polar surface area (TPSA) is 57.5 Å². The van der Waals surface area contributed by atoms with Gasteiger partial charge in [-0.25, -0.2) is 0 Å². The van der Waals surface area contributed by atoms with Crippen molar-refractivity contribution in [3.63, 3.8) is 0 Å². The third kappa shape index (κ3) is 3.84. The summed E-state index contributed by atoms with van der Waals surface area (Å²) in [6, 6.07) is 15.8. The van der Waals surface area contributed by atoms with Crippen LogP contribution in [-0.2, 0) is 10.4 Å². The van der Waals surface area contributed by atoms with Gasteiger partial charge in [0.05, 0.1) is 11.5 Å². The quantitative estimate of drug-likeness (QED) is 0.883. The van der Waals surface area contributed by atoms with Gasteiger partial charge in [-0.3, -0.25) is 4.79 Å². The standard InChI is InChI=1S/C17H17ClO3/c1-17(21,13-5-3-2-4-6-13)11-15(16(19)20)12-7-9-14(18)10-8-12/h2-10,15,21H,11H2,1H3,(H,19,20). The Bertz CT molecular complexity index is 606. The van der Waals surface area contributed by atoms with E-state index < -0.39 is 17.5 Å². The first-order valence-electron chi connectivity index (χ1n) is 6.66. The molecule has 0 amide bonds. The summed E-state index contributed by atoms with van der Waals surface area (Å²) in [5.74, 6) is -1.76. The van der Waals surface area contributed by atoms with Crippen LogP contribution in [-0.4, -0.2) is 16.2 Å². The zero-order chi connectivity index (χ0) is 15.5. The highest BCUT2D eigenvalue weighted by atomic mass is 35.5. The summed E-state index contributed by atoms with van der Waals surface area (Å²) in [7, 11) is 0. The third-order valence-corrected chi connectivity index (χ3v) is 3.82. The van der Waals surface area contributed by atoms with Crippen molar-refractivity contribution in [2.45, 2.75) is 24.9 Å². The summed E-state index contributed by atoms with van der Waals surface area (Å²) in [6.07, 6.45) is 0.0912. The molecular weight excluding hydrogens is 288 g/mol. The van der Waals surface area contributed by atoms with Gasteiger partial charge in [-0.15, -0.1) is 0 Å². The Kier molecular flexibility index (Phi) is 4.66. The lowest BCUT2D eigenvalue weighted by Crippen LogP contribution is -2.27. The molecule has 3 nitrogen and oxygen atoms in total. The van der Waals surface area contributed by atoms with E-state index in [0.29, 0.717) is 16.1 Å². The highest BCUT2D eigenvalue weighted by Crippen LogP contribution is 2.33. The van der Waals surface area contributed by atoms with E-state index in [-0.39, 0.29) is 6.42 Å². The van der Waals surface area contributed by atoms with Gasteiger partial charge in [0.2, 0.25) is 0 Å². The van der Waals surface area contributed by atoms with E-state index in [1.165, 1.54) is 0 Å². The molecule has 0 spiro atoms. The minimum Gasteiger partial charge on any atom is -0.481 e. The molecule has 0 aliphatic carbocycles. The minimum atomic E-state index is -1.22. The molecule has 21 heavy (non-hydrogen) atoms. The number of carboxylic acid groups (broad SMARTS) is 1. The van der Waals surface area contributed by atoms with Gasteiger partial charge in [0.15, 0.2) is 0 Å². The van der Waals surface area contributed by atoms with E-state index in [9.17, 15) is 15.0 Å². The maximum Gasteiger partial charge on any atom is 0.311 e. The Morgan fingerprint density at radius 2 is 1.71 bits per heavy atom. The number of aliphatic carboxylic acids is 1. The van der Waals surface area contributed by atoms with Crippen LogP contribution in [0.1, 0.15) is 30.4 Å². The number of benzene rings is 2. The van der Waals surface area contributed by atoms with E-state index in [1.807, 2.05) is 18.2 Å². The van der Waals surface area contributed by atoms with Crippen LogP contribution >= 0.6 is 11.6 Å². The first kappa shape index (κ1) is 15.5. The summed E-state index contributed by atoms with van der Waals surface area (Å²) in [4.78, 5) is 11.5. The summed E-state index contributed by atoms with van der Waals surface area (Å²) >= 11 is 5.83. The maximum atomic E-state index is 11.5. The fraction of sp³-hybridized carbons (Fsp3) is 0.235. The predicted molar refractivity (Wildman–Crippen MR) is 82.5 cm³/mol. The number of carbonyl (C=O) groups is 1. The molecule has 0 heterocycles.